The van der Waals surface area contributed by atoms with E-state index in [0.717, 1.165) is 6.42 Å². The Hall–Kier alpha value is -0.520. The summed E-state index contributed by atoms with van der Waals surface area (Å²) in [6.45, 7) is 7.35. The van der Waals surface area contributed by atoms with Crippen molar-refractivity contribution in [1.29, 1.82) is 0 Å². The van der Waals surface area contributed by atoms with Gasteiger partial charge in [-0.15, -0.1) is 12.4 Å². The van der Waals surface area contributed by atoms with Gasteiger partial charge in [0.1, 0.15) is 11.2 Å². The van der Waals surface area contributed by atoms with Gasteiger partial charge in [0.05, 0.1) is 6.04 Å². The second kappa shape index (κ2) is 4.63. The maximum atomic E-state index is 11.8. The normalized spacial score (nSPS) is 26.4. The second-order valence-corrected chi connectivity index (χ2v) is 5.69. The van der Waals surface area contributed by atoms with Crippen LogP contribution in [-0.4, -0.2) is 53.0 Å². The molecule has 2 saturated heterocycles. The first-order chi connectivity index (χ1) is 7.32. The van der Waals surface area contributed by atoms with Crippen molar-refractivity contribution >= 4 is 18.5 Å². The molecular formula is C11H21ClN2O3. The Morgan fingerprint density at radius 1 is 1.47 bits per heavy atom. The van der Waals surface area contributed by atoms with Gasteiger partial charge in [-0.2, -0.15) is 0 Å². The van der Waals surface area contributed by atoms with E-state index in [1.807, 2.05) is 20.8 Å². The fourth-order valence-electron chi connectivity index (χ4n) is 2.10. The van der Waals surface area contributed by atoms with Crippen LogP contribution in [0, 0.1) is 0 Å². The number of carbonyl (C=O) groups is 1. The summed E-state index contributed by atoms with van der Waals surface area (Å²) < 4.78 is 5.29. The minimum absolute atomic E-state index is 0. The van der Waals surface area contributed by atoms with E-state index in [2.05, 4.69) is 5.32 Å². The highest BCUT2D eigenvalue weighted by Crippen LogP contribution is 2.31. The maximum Gasteiger partial charge on any atom is 0.410 e. The quantitative estimate of drug-likeness (QED) is 0.734. The third-order valence-electron chi connectivity index (χ3n) is 3.13. The number of likely N-dealkylation sites (tertiary alicyclic amines) is 1. The van der Waals surface area contributed by atoms with Crippen molar-refractivity contribution in [2.75, 3.05) is 19.6 Å². The number of aliphatic hydroxyl groups is 1. The van der Waals surface area contributed by atoms with E-state index in [9.17, 15) is 9.90 Å². The molecule has 2 aliphatic heterocycles. The lowest BCUT2D eigenvalue weighted by Crippen LogP contribution is -2.74. The molecule has 2 heterocycles. The van der Waals surface area contributed by atoms with Gasteiger partial charge in [-0.25, -0.2) is 4.79 Å². The second-order valence-electron chi connectivity index (χ2n) is 5.69. The predicted molar refractivity (Wildman–Crippen MR) is 66.4 cm³/mol. The van der Waals surface area contributed by atoms with Crippen molar-refractivity contribution < 1.29 is 14.6 Å². The van der Waals surface area contributed by atoms with E-state index >= 15 is 0 Å². The van der Waals surface area contributed by atoms with E-state index in [1.165, 1.54) is 0 Å². The van der Waals surface area contributed by atoms with Crippen LogP contribution in [0.15, 0.2) is 0 Å². The molecule has 2 rings (SSSR count). The average Bonchev–Trinajstić information content (AvgIpc) is 1.94. The molecule has 2 N–H and O–H groups in total. The minimum atomic E-state index is -0.741. The van der Waals surface area contributed by atoms with Crippen LogP contribution in [0.3, 0.4) is 0 Å². The van der Waals surface area contributed by atoms with Gasteiger partial charge in [-0.3, -0.25) is 0 Å². The number of nitrogens with one attached hydrogen (secondary N) is 1. The van der Waals surface area contributed by atoms with Gasteiger partial charge >= 0.3 is 6.09 Å². The van der Waals surface area contributed by atoms with Crippen LogP contribution in [0.2, 0.25) is 0 Å². The molecule has 2 fully saturated rings. The lowest BCUT2D eigenvalue weighted by molar-refractivity contribution is -0.118. The van der Waals surface area contributed by atoms with E-state index in [4.69, 9.17) is 4.74 Å². The number of rotatable bonds is 1. The monoisotopic (exact) mass is 264 g/mol. The van der Waals surface area contributed by atoms with Crippen LogP contribution in [0.5, 0.6) is 0 Å². The Labute approximate surface area is 108 Å². The van der Waals surface area contributed by atoms with Gasteiger partial charge in [0.15, 0.2) is 0 Å². The molecule has 6 heteroatoms. The Bertz CT molecular complexity index is 300. The molecule has 0 saturated carbocycles. The number of carbonyl (C=O) groups excluding carboxylic acids is 1. The molecule has 17 heavy (non-hydrogen) atoms. The molecule has 0 aliphatic carbocycles. The molecule has 1 amide bonds. The Balaban J connectivity index is 0.00000144. The fraction of sp³-hybridized carbons (Fsp3) is 0.909. The molecule has 0 aromatic rings. The van der Waals surface area contributed by atoms with E-state index in [1.54, 1.807) is 4.90 Å². The highest BCUT2D eigenvalue weighted by atomic mass is 35.5. The van der Waals surface area contributed by atoms with Crippen molar-refractivity contribution in [3.05, 3.63) is 0 Å². The third kappa shape index (κ3) is 2.84. The smallest absolute Gasteiger partial charge is 0.410 e. The zero-order valence-corrected chi connectivity index (χ0v) is 11.3. The molecule has 2 aliphatic rings. The van der Waals surface area contributed by atoms with Gasteiger partial charge in [0.25, 0.3) is 0 Å². The summed E-state index contributed by atoms with van der Waals surface area (Å²) in [4.78, 5) is 13.4. The van der Waals surface area contributed by atoms with Crippen molar-refractivity contribution in [2.45, 2.75) is 44.4 Å². The van der Waals surface area contributed by atoms with Crippen LogP contribution in [0.25, 0.3) is 0 Å². The first-order valence-electron chi connectivity index (χ1n) is 5.75. The Morgan fingerprint density at radius 3 is 2.35 bits per heavy atom. The fourth-order valence-corrected chi connectivity index (χ4v) is 2.10. The topological polar surface area (TPSA) is 61.8 Å². The van der Waals surface area contributed by atoms with Gasteiger partial charge in [0, 0.05) is 19.6 Å². The SMILES string of the molecule is CC(C)(C)OC(=O)N1CCC1C1(O)CNC1.Cl. The summed E-state index contributed by atoms with van der Waals surface area (Å²) in [6, 6.07) is -0.0800. The van der Waals surface area contributed by atoms with Gasteiger partial charge < -0.3 is 20.1 Å². The van der Waals surface area contributed by atoms with Gasteiger partial charge in [-0.1, -0.05) is 0 Å². The van der Waals surface area contributed by atoms with Crippen LogP contribution >= 0.6 is 12.4 Å². The molecule has 0 aromatic heterocycles. The van der Waals surface area contributed by atoms with Crippen molar-refractivity contribution in [3.63, 3.8) is 0 Å². The third-order valence-corrected chi connectivity index (χ3v) is 3.13. The van der Waals surface area contributed by atoms with Crippen LogP contribution in [-0.2, 0) is 4.74 Å². The first-order valence-corrected chi connectivity index (χ1v) is 5.75. The zero-order chi connectivity index (χ0) is 12.0. The number of halogens is 1. The van der Waals surface area contributed by atoms with E-state index in [0.29, 0.717) is 19.6 Å². The number of nitrogens with zero attached hydrogens (tertiary/aromatic N) is 1. The standard InChI is InChI=1S/C11H20N2O3.ClH/c1-10(2,3)16-9(14)13-5-4-8(13)11(15)6-12-7-11;/h8,12,15H,4-7H2,1-3H3;1H. The number of hydrogen-bond donors (Lipinski definition) is 2. The predicted octanol–water partition coefficient (Wildman–Crippen LogP) is 0.752. The van der Waals surface area contributed by atoms with Gasteiger partial charge in [0.2, 0.25) is 0 Å². The minimum Gasteiger partial charge on any atom is -0.444 e. The molecule has 0 radical (unpaired) electrons. The number of amides is 1. The number of hydrogen-bond acceptors (Lipinski definition) is 4. The lowest BCUT2D eigenvalue weighted by atomic mass is 9.81. The first kappa shape index (κ1) is 14.5. The summed E-state index contributed by atoms with van der Waals surface area (Å²) >= 11 is 0. The highest BCUT2D eigenvalue weighted by Gasteiger charge is 2.51. The molecule has 5 nitrogen and oxygen atoms in total. The number of β-amino-alcohol motifs (C(OH)–C–C–N with tert-alkyl or cyclic N) is 1. The molecule has 100 valence electrons. The molecule has 0 spiro atoms. The largest absolute Gasteiger partial charge is 0.444 e. The Kier molecular flexibility index (Phi) is 3.96. The van der Waals surface area contributed by atoms with Crippen LogP contribution in [0.1, 0.15) is 27.2 Å². The van der Waals surface area contributed by atoms with Crippen LogP contribution in [0.4, 0.5) is 4.79 Å². The van der Waals surface area contributed by atoms with Crippen LogP contribution < -0.4 is 5.32 Å². The van der Waals surface area contributed by atoms with Crippen molar-refractivity contribution in [1.82, 2.24) is 10.2 Å². The van der Waals surface area contributed by atoms with Crippen molar-refractivity contribution in [3.8, 4) is 0 Å². The average molecular weight is 265 g/mol. The Morgan fingerprint density at radius 2 is 2.06 bits per heavy atom. The maximum absolute atomic E-state index is 11.8. The lowest BCUT2D eigenvalue weighted by Gasteiger charge is -2.53. The molecule has 1 unspecified atom stereocenters. The molecule has 0 aromatic carbocycles. The van der Waals surface area contributed by atoms with Crippen molar-refractivity contribution in [2.24, 2.45) is 0 Å². The van der Waals surface area contributed by atoms with E-state index < -0.39 is 11.2 Å². The summed E-state index contributed by atoms with van der Waals surface area (Å²) in [6.07, 6.45) is 0.543. The highest BCUT2D eigenvalue weighted by molar-refractivity contribution is 5.85. The van der Waals surface area contributed by atoms with E-state index in [-0.39, 0.29) is 24.5 Å². The van der Waals surface area contributed by atoms with Gasteiger partial charge in [-0.05, 0) is 27.2 Å². The number of ether oxygens (including phenoxy) is 1. The molecular weight excluding hydrogens is 244 g/mol. The summed E-state index contributed by atoms with van der Waals surface area (Å²) in [5, 5.41) is 13.2. The summed E-state index contributed by atoms with van der Waals surface area (Å²) in [5.74, 6) is 0. The molecule has 0 bridgehead atoms. The molecule has 1 atom stereocenters. The summed E-state index contributed by atoms with van der Waals surface area (Å²) in [5.41, 5.74) is -1.22. The zero-order valence-electron chi connectivity index (χ0n) is 10.5. The summed E-state index contributed by atoms with van der Waals surface area (Å²) in [7, 11) is 0.